The van der Waals surface area contributed by atoms with E-state index in [4.69, 9.17) is 4.74 Å². The Labute approximate surface area is 104 Å². The van der Waals surface area contributed by atoms with Crippen molar-refractivity contribution >= 4 is 0 Å². The molecule has 0 saturated heterocycles. The molecule has 1 aromatic carbocycles. The first-order valence-corrected chi connectivity index (χ1v) is 6.11. The summed E-state index contributed by atoms with van der Waals surface area (Å²) in [4.78, 5) is 0. The van der Waals surface area contributed by atoms with E-state index in [2.05, 4.69) is 6.58 Å². The van der Waals surface area contributed by atoms with Gasteiger partial charge >= 0.3 is 0 Å². The summed E-state index contributed by atoms with van der Waals surface area (Å²) in [6.45, 7) is 10.3. The second-order valence-corrected chi connectivity index (χ2v) is 4.26. The summed E-state index contributed by atoms with van der Waals surface area (Å²) < 4.78 is 5.71. The molecular formula is C15H22O2. The quantitative estimate of drug-likeness (QED) is 0.764. The van der Waals surface area contributed by atoms with Gasteiger partial charge in [-0.3, -0.25) is 0 Å². The van der Waals surface area contributed by atoms with E-state index in [1.165, 1.54) is 5.56 Å². The van der Waals surface area contributed by atoms with Gasteiger partial charge in [0.15, 0.2) is 0 Å². The van der Waals surface area contributed by atoms with Crippen LogP contribution in [0.4, 0.5) is 0 Å². The highest BCUT2D eigenvalue weighted by Gasteiger charge is 2.34. The average molecular weight is 234 g/mol. The van der Waals surface area contributed by atoms with Gasteiger partial charge in [-0.2, -0.15) is 0 Å². The van der Waals surface area contributed by atoms with Crippen LogP contribution in [0.1, 0.15) is 37.5 Å². The lowest BCUT2D eigenvalue weighted by Crippen LogP contribution is -2.36. The molecule has 0 amide bonds. The zero-order valence-electron chi connectivity index (χ0n) is 10.9. The number of aliphatic hydroxyl groups is 1. The number of ether oxygens (including phenoxy) is 1. The molecule has 2 atom stereocenters. The third-order valence-electron chi connectivity index (χ3n) is 3.17. The molecule has 1 rings (SSSR count). The van der Waals surface area contributed by atoms with Gasteiger partial charge in [0.25, 0.3) is 0 Å². The summed E-state index contributed by atoms with van der Waals surface area (Å²) in [6, 6.07) is 7.86. The summed E-state index contributed by atoms with van der Waals surface area (Å²) in [7, 11) is 0. The Kier molecular flexibility index (Phi) is 4.91. The highest BCUT2D eigenvalue weighted by Crippen LogP contribution is 2.33. The van der Waals surface area contributed by atoms with Crippen LogP contribution in [0.5, 0.6) is 0 Å². The molecule has 0 fully saturated rings. The average Bonchev–Trinajstić information content (AvgIpc) is 2.36. The lowest BCUT2D eigenvalue weighted by Gasteiger charge is -2.34. The first-order valence-electron chi connectivity index (χ1n) is 6.11. The van der Waals surface area contributed by atoms with Crippen molar-refractivity contribution < 1.29 is 9.84 Å². The van der Waals surface area contributed by atoms with E-state index in [9.17, 15) is 5.11 Å². The van der Waals surface area contributed by atoms with Gasteiger partial charge in [0.05, 0.1) is 0 Å². The van der Waals surface area contributed by atoms with Crippen molar-refractivity contribution in [3.63, 3.8) is 0 Å². The Morgan fingerprint density at radius 2 is 1.94 bits per heavy atom. The van der Waals surface area contributed by atoms with E-state index >= 15 is 0 Å². The molecule has 0 unspecified atom stereocenters. The van der Waals surface area contributed by atoms with Crippen molar-refractivity contribution in [1.82, 2.24) is 0 Å². The van der Waals surface area contributed by atoms with E-state index in [1.807, 2.05) is 45.0 Å². The molecule has 0 aliphatic heterocycles. The maximum absolute atomic E-state index is 10.5. The fraction of sp³-hybridized carbons (Fsp3) is 0.467. The number of hydrogen-bond acceptors (Lipinski definition) is 2. The summed E-state index contributed by atoms with van der Waals surface area (Å²) in [5, 5.41) is 10.5. The Morgan fingerprint density at radius 1 is 1.35 bits per heavy atom. The van der Waals surface area contributed by atoms with E-state index in [-0.39, 0.29) is 0 Å². The molecular weight excluding hydrogens is 212 g/mol. The van der Waals surface area contributed by atoms with Crippen LogP contribution in [-0.2, 0) is 4.74 Å². The molecule has 1 N–H and O–H groups in total. The predicted molar refractivity (Wildman–Crippen MR) is 71.0 cm³/mol. The van der Waals surface area contributed by atoms with Crippen LogP contribution < -0.4 is 0 Å². The van der Waals surface area contributed by atoms with Crippen molar-refractivity contribution in [2.75, 3.05) is 6.61 Å². The molecule has 1 aromatic rings. The van der Waals surface area contributed by atoms with Crippen LogP contribution in [0, 0.1) is 6.92 Å². The lowest BCUT2D eigenvalue weighted by molar-refractivity contribution is -0.0920. The Morgan fingerprint density at radius 3 is 2.35 bits per heavy atom. The van der Waals surface area contributed by atoms with Crippen LogP contribution in [0.3, 0.4) is 0 Å². The smallest absolute Gasteiger partial charge is 0.116 e. The molecule has 0 aliphatic carbocycles. The molecule has 2 heteroatoms. The normalized spacial score (nSPS) is 16.2. The molecule has 0 spiro atoms. The topological polar surface area (TPSA) is 29.5 Å². The van der Waals surface area contributed by atoms with Gasteiger partial charge in [-0.15, -0.1) is 6.58 Å². The summed E-state index contributed by atoms with van der Waals surface area (Å²) in [5.74, 6) is 0. The minimum absolute atomic E-state index is 0.558. The zero-order chi connectivity index (χ0) is 12.9. The standard InChI is InChI=1S/C15H22O2/c1-5-15(6-2,17-7-3)14(16)13-10-8-12(4)9-11-13/h5,8-11,14,16H,1,6-7H2,2-4H3/t14-,15+/m0/s1. The fourth-order valence-electron chi connectivity index (χ4n) is 1.99. The minimum Gasteiger partial charge on any atom is -0.385 e. The van der Waals surface area contributed by atoms with Gasteiger partial charge in [0.1, 0.15) is 11.7 Å². The highest BCUT2D eigenvalue weighted by atomic mass is 16.5. The Bertz CT molecular complexity index is 356. The van der Waals surface area contributed by atoms with Gasteiger partial charge in [0, 0.05) is 6.61 Å². The number of hydrogen-bond donors (Lipinski definition) is 1. The van der Waals surface area contributed by atoms with Gasteiger partial charge in [-0.05, 0) is 25.8 Å². The van der Waals surface area contributed by atoms with E-state index in [0.29, 0.717) is 13.0 Å². The molecule has 2 nitrogen and oxygen atoms in total. The second-order valence-electron chi connectivity index (χ2n) is 4.26. The van der Waals surface area contributed by atoms with Crippen molar-refractivity contribution in [1.29, 1.82) is 0 Å². The van der Waals surface area contributed by atoms with Crippen LogP contribution in [0.15, 0.2) is 36.9 Å². The molecule has 0 aromatic heterocycles. The molecule has 0 saturated carbocycles. The molecule has 0 radical (unpaired) electrons. The van der Waals surface area contributed by atoms with Crippen LogP contribution in [0.25, 0.3) is 0 Å². The van der Waals surface area contributed by atoms with Crippen LogP contribution in [-0.4, -0.2) is 17.3 Å². The number of aliphatic hydroxyl groups excluding tert-OH is 1. The van der Waals surface area contributed by atoms with E-state index in [1.54, 1.807) is 6.08 Å². The third kappa shape index (κ3) is 2.96. The largest absolute Gasteiger partial charge is 0.385 e. The predicted octanol–water partition coefficient (Wildman–Crippen LogP) is 3.40. The fourth-order valence-corrected chi connectivity index (χ4v) is 1.99. The number of rotatable bonds is 6. The van der Waals surface area contributed by atoms with E-state index < -0.39 is 11.7 Å². The first kappa shape index (κ1) is 13.9. The van der Waals surface area contributed by atoms with Gasteiger partial charge in [-0.1, -0.05) is 42.8 Å². The summed E-state index contributed by atoms with van der Waals surface area (Å²) >= 11 is 0. The number of benzene rings is 1. The maximum Gasteiger partial charge on any atom is 0.116 e. The van der Waals surface area contributed by atoms with Crippen molar-refractivity contribution in [2.45, 2.75) is 38.9 Å². The van der Waals surface area contributed by atoms with Gasteiger partial charge in [-0.25, -0.2) is 0 Å². The number of aryl methyl sites for hydroxylation is 1. The van der Waals surface area contributed by atoms with Gasteiger partial charge in [0.2, 0.25) is 0 Å². The molecule has 94 valence electrons. The van der Waals surface area contributed by atoms with Crippen molar-refractivity contribution in [2.24, 2.45) is 0 Å². The molecule has 0 aliphatic rings. The van der Waals surface area contributed by atoms with Crippen LogP contribution in [0.2, 0.25) is 0 Å². The van der Waals surface area contributed by atoms with Crippen molar-refractivity contribution in [3.8, 4) is 0 Å². The SMILES string of the molecule is C=C[C@](CC)(OCC)[C@@H](O)c1ccc(C)cc1. The second kappa shape index (κ2) is 5.99. The maximum atomic E-state index is 10.5. The zero-order valence-corrected chi connectivity index (χ0v) is 10.9. The monoisotopic (exact) mass is 234 g/mol. The molecule has 0 heterocycles. The highest BCUT2D eigenvalue weighted by molar-refractivity contribution is 5.26. The Balaban J connectivity index is 3.02. The summed E-state index contributed by atoms with van der Waals surface area (Å²) in [5.41, 5.74) is 1.35. The molecule has 0 bridgehead atoms. The van der Waals surface area contributed by atoms with Crippen LogP contribution >= 0.6 is 0 Å². The summed E-state index contributed by atoms with van der Waals surface area (Å²) in [6.07, 6.45) is 1.73. The van der Waals surface area contributed by atoms with E-state index in [0.717, 1.165) is 5.56 Å². The minimum atomic E-state index is -0.690. The Hall–Kier alpha value is -1.12. The lowest BCUT2D eigenvalue weighted by atomic mass is 9.88. The molecule has 17 heavy (non-hydrogen) atoms. The van der Waals surface area contributed by atoms with Crippen molar-refractivity contribution in [3.05, 3.63) is 48.0 Å². The van der Waals surface area contributed by atoms with Gasteiger partial charge < -0.3 is 9.84 Å². The first-order chi connectivity index (χ1) is 8.09. The third-order valence-corrected chi connectivity index (χ3v) is 3.17.